The van der Waals surface area contributed by atoms with Crippen LogP contribution in [0.3, 0.4) is 0 Å². The van der Waals surface area contributed by atoms with Crippen molar-refractivity contribution in [2.75, 3.05) is 44.7 Å². The summed E-state index contributed by atoms with van der Waals surface area (Å²) in [7, 11) is 0. The SMILES string of the molecule is CC(c1cccc(NC(=O)CCC2CCNCC2)c1)N1CCOCC1.Cl.Cl. The van der Waals surface area contributed by atoms with E-state index in [-0.39, 0.29) is 30.7 Å². The van der Waals surface area contributed by atoms with Crippen molar-refractivity contribution < 1.29 is 9.53 Å². The molecule has 2 saturated heterocycles. The lowest BCUT2D eigenvalue weighted by Gasteiger charge is -2.32. The Morgan fingerprint density at radius 2 is 1.96 bits per heavy atom. The molecule has 1 unspecified atom stereocenters. The first-order chi connectivity index (χ1) is 12.2. The van der Waals surface area contributed by atoms with Gasteiger partial charge in [0.1, 0.15) is 0 Å². The Bertz CT molecular complexity index is 562. The van der Waals surface area contributed by atoms with Crippen molar-refractivity contribution in [3.8, 4) is 0 Å². The molecule has 2 N–H and O–H groups in total. The van der Waals surface area contributed by atoms with Crippen LogP contribution in [0.2, 0.25) is 0 Å². The predicted octanol–water partition coefficient (Wildman–Crippen LogP) is 3.64. The monoisotopic (exact) mass is 417 g/mol. The molecule has 5 nitrogen and oxygen atoms in total. The lowest BCUT2D eigenvalue weighted by Crippen LogP contribution is -2.38. The molecule has 2 aliphatic rings. The molecule has 0 spiro atoms. The summed E-state index contributed by atoms with van der Waals surface area (Å²) in [4.78, 5) is 14.7. The van der Waals surface area contributed by atoms with Crippen LogP contribution in [-0.4, -0.2) is 50.2 Å². The predicted molar refractivity (Wildman–Crippen MR) is 115 cm³/mol. The first kappa shape index (κ1) is 24.2. The molecule has 0 bridgehead atoms. The molecule has 0 aromatic heterocycles. The van der Waals surface area contributed by atoms with Crippen LogP contribution in [0.5, 0.6) is 0 Å². The molecule has 2 heterocycles. The van der Waals surface area contributed by atoms with Crippen molar-refractivity contribution >= 4 is 36.4 Å². The Labute approximate surface area is 175 Å². The van der Waals surface area contributed by atoms with Gasteiger partial charge in [-0.15, -0.1) is 24.8 Å². The number of carbonyl (C=O) groups is 1. The molecule has 154 valence electrons. The second-order valence-electron chi connectivity index (χ2n) is 7.23. The van der Waals surface area contributed by atoms with Crippen molar-refractivity contribution in [1.29, 1.82) is 0 Å². The van der Waals surface area contributed by atoms with E-state index in [1.807, 2.05) is 12.1 Å². The fraction of sp³-hybridized carbons (Fsp3) is 0.650. The summed E-state index contributed by atoms with van der Waals surface area (Å²) in [6.07, 6.45) is 4.00. The summed E-state index contributed by atoms with van der Waals surface area (Å²) >= 11 is 0. The number of nitrogens with one attached hydrogen (secondary N) is 2. The smallest absolute Gasteiger partial charge is 0.224 e. The number of rotatable bonds is 6. The van der Waals surface area contributed by atoms with E-state index in [1.54, 1.807) is 0 Å². The number of ether oxygens (including phenoxy) is 1. The highest BCUT2D eigenvalue weighted by molar-refractivity contribution is 5.90. The Morgan fingerprint density at radius 1 is 1.26 bits per heavy atom. The number of nitrogens with zero attached hydrogens (tertiary/aromatic N) is 1. The van der Waals surface area contributed by atoms with E-state index in [4.69, 9.17) is 4.74 Å². The maximum Gasteiger partial charge on any atom is 0.224 e. The summed E-state index contributed by atoms with van der Waals surface area (Å²) in [6, 6.07) is 8.62. The Balaban J connectivity index is 0.00000182. The third-order valence-corrected chi connectivity index (χ3v) is 5.48. The molecule has 1 atom stereocenters. The highest BCUT2D eigenvalue weighted by Gasteiger charge is 2.19. The fourth-order valence-corrected chi connectivity index (χ4v) is 3.78. The average Bonchev–Trinajstić information content (AvgIpc) is 2.67. The Kier molecular flexibility index (Phi) is 11.3. The van der Waals surface area contributed by atoms with Gasteiger partial charge in [0.05, 0.1) is 13.2 Å². The first-order valence-electron chi connectivity index (χ1n) is 9.64. The van der Waals surface area contributed by atoms with Gasteiger partial charge in [-0.2, -0.15) is 0 Å². The van der Waals surface area contributed by atoms with E-state index in [0.717, 1.165) is 51.5 Å². The van der Waals surface area contributed by atoms with E-state index in [1.165, 1.54) is 18.4 Å². The standard InChI is InChI=1S/C20H31N3O2.2ClH/c1-16(23-11-13-25-14-12-23)18-3-2-4-19(15-18)22-20(24)6-5-17-7-9-21-10-8-17;;/h2-4,15-17,21H,5-14H2,1H3,(H,22,24);2*1H. The fourth-order valence-electron chi connectivity index (χ4n) is 3.78. The van der Waals surface area contributed by atoms with Gasteiger partial charge in [0, 0.05) is 31.2 Å². The number of hydrogen-bond acceptors (Lipinski definition) is 4. The molecule has 0 saturated carbocycles. The van der Waals surface area contributed by atoms with E-state index in [9.17, 15) is 4.79 Å². The molecule has 3 rings (SSSR count). The molecular formula is C20H33Cl2N3O2. The second kappa shape index (κ2) is 12.6. The quantitative estimate of drug-likeness (QED) is 0.741. The van der Waals surface area contributed by atoms with Crippen molar-refractivity contribution in [3.05, 3.63) is 29.8 Å². The van der Waals surface area contributed by atoms with Crippen molar-refractivity contribution in [2.24, 2.45) is 5.92 Å². The second-order valence-corrected chi connectivity index (χ2v) is 7.23. The highest BCUT2D eigenvalue weighted by Crippen LogP contribution is 2.24. The summed E-state index contributed by atoms with van der Waals surface area (Å²) in [5.74, 6) is 0.828. The van der Waals surface area contributed by atoms with Crippen molar-refractivity contribution in [2.45, 2.75) is 38.6 Å². The zero-order chi connectivity index (χ0) is 17.5. The number of hydrogen-bond donors (Lipinski definition) is 2. The summed E-state index contributed by atoms with van der Waals surface area (Å²) in [6.45, 7) is 7.95. The maximum atomic E-state index is 12.3. The van der Waals surface area contributed by atoms with Gasteiger partial charge >= 0.3 is 0 Å². The minimum Gasteiger partial charge on any atom is -0.379 e. The number of anilines is 1. The lowest BCUT2D eigenvalue weighted by molar-refractivity contribution is -0.116. The molecule has 1 amide bonds. The van der Waals surface area contributed by atoms with Crippen LogP contribution in [0.4, 0.5) is 5.69 Å². The number of morpholine rings is 1. The van der Waals surface area contributed by atoms with Gasteiger partial charge in [-0.25, -0.2) is 0 Å². The van der Waals surface area contributed by atoms with Gasteiger partial charge in [-0.3, -0.25) is 9.69 Å². The topological polar surface area (TPSA) is 53.6 Å². The van der Waals surface area contributed by atoms with E-state index >= 15 is 0 Å². The Morgan fingerprint density at radius 3 is 2.67 bits per heavy atom. The van der Waals surface area contributed by atoms with Crippen molar-refractivity contribution in [1.82, 2.24) is 10.2 Å². The number of carbonyl (C=O) groups excluding carboxylic acids is 1. The van der Waals surface area contributed by atoms with Crippen LogP contribution in [0.1, 0.15) is 44.2 Å². The summed E-state index contributed by atoms with van der Waals surface area (Å²) < 4.78 is 5.44. The van der Waals surface area contributed by atoms with E-state index in [0.29, 0.717) is 18.4 Å². The summed E-state index contributed by atoms with van der Waals surface area (Å²) in [5, 5.41) is 6.46. The normalized spacial score (nSPS) is 19.4. The molecule has 7 heteroatoms. The van der Waals surface area contributed by atoms with Gasteiger partial charge in [0.2, 0.25) is 5.91 Å². The molecule has 2 fully saturated rings. The molecule has 1 aromatic carbocycles. The van der Waals surface area contributed by atoms with Crippen LogP contribution in [0.15, 0.2) is 24.3 Å². The average molecular weight is 418 g/mol. The third-order valence-electron chi connectivity index (χ3n) is 5.48. The van der Waals surface area contributed by atoms with Crippen LogP contribution >= 0.6 is 24.8 Å². The molecule has 0 radical (unpaired) electrons. The van der Waals surface area contributed by atoms with Crippen LogP contribution in [0.25, 0.3) is 0 Å². The summed E-state index contributed by atoms with van der Waals surface area (Å²) in [5.41, 5.74) is 2.16. The number of benzene rings is 1. The van der Waals surface area contributed by atoms with E-state index in [2.05, 4.69) is 34.6 Å². The molecule has 0 aliphatic carbocycles. The van der Waals surface area contributed by atoms with Gasteiger partial charge in [0.25, 0.3) is 0 Å². The maximum absolute atomic E-state index is 12.3. The minimum absolute atomic E-state index is 0. The minimum atomic E-state index is 0. The third kappa shape index (κ3) is 7.59. The van der Waals surface area contributed by atoms with Gasteiger partial charge in [0.15, 0.2) is 0 Å². The molecular weight excluding hydrogens is 385 g/mol. The zero-order valence-electron chi connectivity index (χ0n) is 16.1. The largest absolute Gasteiger partial charge is 0.379 e. The molecule has 2 aliphatic heterocycles. The highest BCUT2D eigenvalue weighted by atomic mass is 35.5. The Hall–Kier alpha value is -0.850. The van der Waals surface area contributed by atoms with Crippen LogP contribution in [-0.2, 0) is 9.53 Å². The lowest BCUT2D eigenvalue weighted by atomic mass is 9.93. The molecule has 27 heavy (non-hydrogen) atoms. The van der Waals surface area contributed by atoms with Crippen molar-refractivity contribution in [3.63, 3.8) is 0 Å². The number of halogens is 2. The van der Waals surface area contributed by atoms with Crippen LogP contribution < -0.4 is 10.6 Å². The first-order valence-corrected chi connectivity index (χ1v) is 9.64. The van der Waals surface area contributed by atoms with E-state index < -0.39 is 0 Å². The number of piperidine rings is 1. The van der Waals surface area contributed by atoms with Gasteiger partial charge < -0.3 is 15.4 Å². The van der Waals surface area contributed by atoms with Gasteiger partial charge in [-0.05, 0) is 62.9 Å². The number of amides is 1. The van der Waals surface area contributed by atoms with Crippen LogP contribution in [0, 0.1) is 5.92 Å². The zero-order valence-corrected chi connectivity index (χ0v) is 17.7. The molecule has 1 aromatic rings. The van der Waals surface area contributed by atoms with Gasteiger partial charge in [-0.1, -0.05) is 12.1 Å².